The number of nitrogens with zero attached hydrogens (tertiary/aromatic N) is 1. The number of amides is 2. The number of urea groups is 1. The van der Waals surface area contributed by atoms with Crippen molar-refractivity contribution in [1.29, 1.82) is 0 Å². The second-order valence-corrected chi connectivity index (χ2v) is 6.82. The van der Waals surface area contributed by atoms with Crippen LogP contribution >= 0.6 is 0 Å². The van der Waals surface area contributed by atoms with Crippen LogP contribution in [0, 0.1) is 0 Å². The normalized spacial score (nSPS) is 21.6. The standard InChI is InChI=1S/C16H24N2O2/c1-15(2)10-13(19)11-16(3,4)18(15)14(20)17-12-8-6-5-7-9-12/h5-9,13,19H,10-11H2,1-4H3,(H,17,20). The van der Waals surface area contributed by atoms with Crippen molar-refractivity contribution in [2.45, 2.75) is 57.7 Å². The van der Waals surface area contributed by atoms with Crippen molar-refractivity contribution >= 4 is 11.7 Å². The Kier molecular flexibility index (Phi) is 3.78. The fourth-order valence-corrected chi connectivity index (χ4v) is 3.48. The maximum atomic E-state index is 12.6. The summed E-state index contributed by atoms with van der Waals surface area (Å²) in [4.78, 5) is 14.5. The fraction of sp³-hybridized carbons (Fsp3) is 0.562. The van der Waals surface area contributed by atoms with Crippen LogP contribution in [0.3, 0.4) is 0 Å². The monoisotopic (exact) mass is 276 g/mol. The molecule has 0 radical (unpaired) electrons. The molecule has 0 aliphatic carbocycles. The van der Waals surface area contributed by atoms with E-state index in [1.165, 1.54) is 0 Å². The summed E-state index contributed by atoms with van der Waals surface area (Å²) in [6, 6.07) is 9.34. The average Bonchev–Trinajstić information content (AvgIpc) is 2.25. The molecule has 20 heavy (non-hydrogen) atoms. The van der Waals surface area contributed by atoms with Gasteiger partial charge >= 0.3 is 6.03 Å². The van der Waals surface area contributed by atoms with Crippen LogP contribution in [0.5, 0.6) is 0 Å². The molecule has 1 aliphatic rings. The van der Waals surface area contributed by atoms with Crippen molar-refractivity contribution in [1.82, 2.24) is 4.90 Å². The summed E-state index contributed by atoms with van der Waals surface area (Å²) in [6.07, 6.45) is 0.831. The van der Waals surface area contributed by atoms with Gasteiger partial charge < -0.3 is 15.3 Å². The Morgan fingerprint density at radius 3 is 2.15 bits per heavy atom. The van der Waals surface area contributed by atoms with Gasteiger partial charge in [0, 0.05) is 16.8 Å². The first kappa shape index (κ1) is 14.9. The number of aliphatic hydroxyl groups excluding tert-OH is 1. The molecule has 4 nitrogen and oxygen atoms in total. The third-order valence-electron chi connectivity index (χ3n) is 3.91. The zero-order valence-corrected chi connectivity index (χ0v) is 12.7. The molecule has 1 aromatic carbocycles. The molecule has 1 aromatic rings. The number of hydrogen-bond acceptors (Lipinski definition) is 2. The molecule has 0 aromatic heterocycles. The van der Waals surface area contributed by atoms with Crippen LogP contribution < -0.4 is 5.32 Å². The molecular weight excluding hydrogens is 252 g/mol. The third kappa shape index (κ3) is 2.96. The number of piperidine rings is 1. The van der Waals surface area contributed by atoms with E-state index in [1.807, 2.05) is 62.9 Å². The summed E-state index contributed by atoms with van der Waals surface area (Å²) in [5, 5.41) is 13.0. The van der Waals surface area contributed by atoms with E-state index in [-0.39, 0.29) is 23.2 Å². The highest BCUT2D eigenvalue weighted by Crippen LogP contribution is 2.38. The van der Waals surface area contributed by atoms with Gasteiger partial charge in [0.05, 0.1) is 6.10 Å². The van der Waals surface area contributed by atoms with Crippen molar-refractivity contribution in [3.05, 3.63) is 30.3 Å². The van der Waals surface area contributed by atoms with E-state index >= 15 is 0 Å². The quantitative estimate of drug-likeness (QED) is 0.827. The summed E-state index contributed by atoms with van der Waals surface area (Å²) in [5.41, 5.74) is 0.0373. The van der Waals surface area contributed by atoms with Crippen molar-refractivity contribution in [3.63, 3.8) is 0 Å². The van der Waals surface area contributed by atoms with Crippen LogP contribution in [0.4, 0.5) is 10.5 Å². The highest BCUT2D eigenvalue weighted by molar-refractivity contribution is 5.90. The number of rotatable bonds is 1. The minimum atomic E-state index is -0.375. The second-order valence-electron chi connectivity index (χ2n) is 6.82. The Morgan fingerprint density at radius 1 is 1.15 bits per heavy atom. The highest BCUT2D eigenvalue weighted by atomic mass is 16.3. The van der Waals surface area contributed by atoms with Gasteiger partial charge in [-0.25, -0.2) is 4.79 Å². The number of benzene rings is 1. The van der Waals surface area contributed by atoms with E-state index in [9.17, 15) is 9.90 Å². The Labute approximate surface area is 120 Å². The molecule has 110 valence electrons. The first-order valence-electron chi connectivity index (χ1n) is 7.07. The molecular formula is C16H24N2O2. The smallest absolute Gasteiger partial charge is 0.322 e. The molecule has 1 aliphatic heterocycles. The lowest BCUT2D eigenvalue weighted by Gasteiger charge is -2.54. The second kappa shape index (κ2) is 5.09. The first-order valence-corrected chi connectivity index (χ1v) is 7.07. The van der Waals surface area contributed by atoms with Crippen LogP contribution in [0.15, 0.2) is 30.3 Å². The summed E-state index contributed by atoms with van der Waals surface area (Å²) < 4.78 is 0. The summed E-state index contributed by atoms with van der Waals surface area (Å²) in [7, 11) is 0. The van der Waals surface area contributed by atoms with E-state index in [0.29, 0.717) is 12.8 Å². The molecule has 2 N–H and O–H groups in total. The van der Waals surface area contributed by atoms with Crippen LogP contribution in [0.25, 0.3) is 0 Å². The van der Waals surface area contributed by atoms with Crippen molar-refractivity contribution < 1.29 is 9.90 Å². The van der Waals surface area contributed by atoms with Gasteiger partial charge in [0.1, 0.15) is 0 Å². The molecule has 1 heterocycles. The topological polar surface area (TPSA) is 52.6 Å². The first-order chi connectivity index (χ1) is 9.22. The minimum absolute atomic E-state index is 0.113. The Balaban J connectivity index is 2.22. The number of carbonyl (C=O) groups excluding carboxylic acids is 1. The van der Waals surface area contributed by atoms with E-state index < -0.39 is 0 Å². The SMILES string of the molecule is CC1(C)CC(O)CC(C)(C)N1C(=O)Nc1ccccc1. The number of nitrogens with one attached hydrogen (secondary N) is 1. The van der Waals surface area contributed by atoms with Gasteiger partial charge in [0.25, 0.3) is 0 Å². The number of para-hydroxylation sites is 1. The number of hydrogen-bond donors (Lipinski definition) is 2. The van der Waals surface area contributed by atoms with Crippen LogP contribution in [0.2, 0.25) is 0 Å². The lowest BCUT2D eigenvalue weighted by molar-refractivity contribution is -0.0471. The molecule has 0 spiro atoms. The zero-order chi connectivity index (χ0) is 15.0. The van der Waals surface area contributed by atoms with Gasteiger partial charge in [-0.3, -0.25) is 0 Å². The fourth-order valence-electron chi connectivity index (χ4n) is 3.48. The molecule has 2 amide bonds. The molecule has 0 unspecified atom stereocenters. The van der Waals surface area contributed by atoms with Crippen LogP contribution in [-0.2, 0) is 0 Å². The predicted molar refractivity (Wildman–Crippen MR) is 80.7 cm³/mol. The Morgan fingerprint density at radius 2 is 1.65 bits per heavy atom. The number of anilines is 1. The molecule has 2 rings (SSSR count). The van der Waals surface area contributed by atoms with Crippen molar-refractivity contribution in [2.24, 2.45) is 0 Å². The Bertz CT molecular complexity index is 465. The van der Waals surface area contributed by atoms with Crippen molar-refractivity contribution in [3.8, 4) is 0 Å². The highest BCUT2D eigenvalue weighted by Gasteiger charge is 2.47. The number of likely N-dealkylation sites (tertiary alicyclic amines) is 1. The number of carbonyl (C=O) groups is 1. The molecule has 1 saturated heterocycles. The molecule has 1 fully saturated rings. The van der Waals surface area contributed by atoms with Crippen molar-refractivity contribution in [2.75, 3.05) is 5.32 Å². The lowest BCUT2D eigenvalue weighted by Crippen LogP contribution is -2.64. The minimum Gasteiger partial charge on any atom is -0.393 e. The molecule has 0 bridgehead atoms. The van der Waals surface area contributed by atoms with E-state index in [0.717, 1.165) is 5.69 Å². The van der Waals surface area contributed by atoms with E-state index in [1.54, 1.807) is 0 Å². The predicted octanol–water partition coefficient (Wildman–Crippen LogP) is 3.23. The summed E-state index contributed by atoms with van der Waals surface area (Å²) >= 11 is 0. The zero-order valence-electron chi connectivity index (χ0n) is 12.7. The number of aliphatic hydroxyl groups is 1. The maximum Gasteiger partial charge on any atom is 0.322 e. The average molecular weight is 276 g/mol. The van der Waals surface area contributed by atoms with E-state index in [2.05, 4.69) is 5.32 Å². The summed E-state index contributed by atoms with van der Waals surface area (Å²) in [6.45, 7) is 8.01. The molecule has 0 atom stereocenters. The third-order valence-corrected chi connectivity index (χ3v) is 3.91. The largest absolute Gasteiger partial charge is 0.393 e. The van der Waals surface area contributed by atoms with Gasteiger partial charge in [0.2, 0.25) is 0 Å². The maximum absolute atomic E-state index is 12.6. The molecule has 0 saturated carbocycles. The van der Waals surface area contributed by atoms with Gasteiger partial charge in [0.15, 0.2) is 0 Å². The molecule has 4 heteroatoms. The Hall–Kier alpha value is -1.55. The van der Waals surface area contributed by atoms with Crippen LogP contribution in [0.1, 0.15) is 40.5 Å². The van der Waals surface area contributed by atoms with Gasteiger partial charge in [-0.1, -0.05) is 18.2 Å². The van der Waals surface area contributed by atoms with E-state index in [4.69, 9.17) is 0 Å². The lowest BCUT2D eigenvalue weighted by atomic mass is 9.78. The van der Waals surface area contributed by atoms with Gasteiger partial charge in [-0.15, -0.1) is 0 Å². The summed E-state index contributed by atoms with van der Waals surface area (Å²) in [5.74, 6) is 0. The van der Waals surface area contributed by atoms with Gasteiger partial charge in [-0.2, -0.15) is 0 Å². The van der Waals surface area contributed by atoms with Crippen LogP contribution in [-0.4, -0.2) is 33.2 Å². The van der Waals surface area contributed by atoms with Gasteiger partial charge in [-0.05, 0) is 52.7 Å².